The topological polar surface area (TPSA) is 150 Å². The maximum absolute atomic E-state index is 14.3. The molecule has 40 heavy (non-hydrogen) atoms. The number of aliphatic hydroxyl groups excluding tert-OH is 1. The van der Waals surface area contributed by atoms with Crippen LogP contribution in [-0.2, 0) is 36.8 Å². The summed E-state index contributed by atoms with van der Waals surface area (Å²) < 4.78 is 5.07. The minimum atomic E-state index is -1.56. The number of alkyl halides is 1. The van der Waals surface area contributed by atoms with Gasteiger partial charge in [-0.15, -0.1) is 0 Å². The van der Waals surface area contributed by atoms with Crippen LogP contribution in [0.3, 0.4) is 0 Å². The lowest BCUT2D eigenvalue weighted by molar-refractivity contribution is -0.190. The van der Waals surface area contributed by atoms with Gasteiger partial charge in [0.25, 0.3) is 5.91 Å². The van der Waals surface area contributed by atoms with Crippen molar-refractivity contribution in [3.8, 4) is 0 Å². The number of aliphatic carboxylic acids is 1. The van der Waals surface area contributed by atoms with Crippen molar-refractivity contribution < 1.29 is 34.1 Å². The molecule has 10 nitrogen and oxygen atoms in total. The molecular weight excluding hydrogens is 582 g/mol. The molecule has 3 rings (SSSR count). The van der Waals surface area contributed by atoms with E-state index in [9.17, 15) is 29.4 Å². The first kappa shape index (κ1) is 31.3. The molecule has 0 spiro atoms. The van der Waals surface area contributed by atoms with Gasteiger partial charge in [-0.3, -0.25) is 9.59 Å². The van der Waals surface area contributed by atoms with E-state index in [1.54, 1.807) is 60.7 Å². The molecule has 11 heteroatoms. The molecule has 3 atom stereocenters. The van der Waals surface area contributed by atoms with Crippen molar-refractivity contribution in [2.24, 2.45) is 5.73 Å². The van der Waals surface area contributed by atoms with Gasteiger partial charge in [0.05, 0.1) is 12.6 Å². The first-order valence-corrected chi connectivity index (χ1v) is 14.1. The zero-order valence-electron chi connectivity index (χ0n) is 22.4. The number of hydrazine groups is 1. The van der Waals surface area contributed by atoms with E-state index in [1.807, 2.05) is 0 Å². The molecule has 4 N–H and O–H groups in total. The smallest absolute Gasteiger partial charge is 0.331 e. The molecule has 2 amide bonds. The number of aliphatic hydroxyl groups is 1. The zero-order chi connectivity index (χ0) is 29.3. The molecule has 2 aromatic carbocycles. The van der Waals surface area contributed by atoms with E-state index >= 15 is 0 Å². The summed E-state index contributed by atoms with van der Waals surface area (Å²) in [6, 6.07) is 14.6. The van der Waals surface area contributed by atoms with Gasteiger partial charge in [0.2, 0.25) is 5.91 Å². The van der Waals surface area contributed by atoms with Crippen LogP contribution in [0.2, 0.25) is 0 Å². The number of ether oxygens (including phenoxy) is 1. The normalized spacial score (nSPS) is 16.4. The summed E-state index contributed by atoms with van der Waals surface area (Å²) >= 11 is 3.01. The number of amides is 2. The molecule has 0 bridgehead atoms. The van der Waals surface area contributed by atoms with Crippen LogP contribution in [0.1, 0.15) is 49.7 Å². The monoisotopic (exact) mass is 617 g/mol. The van der Waals surface area contributed by atoms with Gasteiger partial charge in [-0.2, -0.15) is 0 Å². The summed E-state index contributed by atoms with van der Waals surface area (Å²) in [4.78, 5) is 54.3. The van der Waals surface area contributed by atoms with Gasteiger partial charge in [0.15, 0.2) is 12.1 Å². The van der Waals surface area contributed by atoms with Gasteiger partial charge in [-0.05, 0) is 30.4 Å². The number of carboxylic acid groups (broad SMARTS) is 1. The number of halogens is 1. The predicted molar refractivity (Wildman–Crippen MR) is 151 cm³/mol. The minimum Gasteiger partial charge on any atom is -0.480 e. The van der Waals surface area contributed by atoms with E-state index in [4.69, 9.17) is 10.5 Å². The number of rotatable bonds is 12. The van der Waals surface area contributed by atoms with Gasteiger partial charge < -0.3 is 20.7 Å². The molecule has 1 fully saturated rings. The molecule has 1 aliphatic carbocycles. The van der Waals surface area contributed by atoms with Crippen molar-refractivity contribution in [2.75, 3.05) is 7.11 Å². The highest BCUT2D eigenvalue weighted by Crippen LogP contribution is 2.32. The van der Waals surface area contributed by atoms with E-state index in [2.05, 4.69) is 15.9 Å². The highest BCUT2D eigenvalue weighted by atomic mass is 79.9. The Labute approximate surface area is 242 Å². The van der Waals surface area contributed by atoms with Crippen LogP contribution in [0.15, 0.2) is 60.7 Å². The van der Waals surface area contributed by atoms with Crippen molar-refractivity contribution in [1.82, 2.24) is 10.0 Å². The van der Waals surface area contributed by atoms with Gasteiger partial charge in [-0.25, -0.2) is 19.6 Å². The Balaban J connectivity index is 2.20. The second-order valence-electron chi connectivity index (χ2n) is 10.00. The van der Waals surface area contributed by atoms with Crippen molar-refractivity contribution in [1.29, 1.82) is 0 Å². The van der Waals surface area contributed by atoms with Crippen LogP contribution >= 0.6 is 15.9 Å². The molecule has 0 heterocycles. The Morgan fingerprint density at radius 1 is 0.925 bits per heavy atom. The highest BCUT2D eigenvalue weighted by Gasteiger charge is 2.49. The number of carboxylic acids is 1. The van der Waals surface area contributed by atoms with Gasteiger partial charge >= 0.3 is 11.9 Å². The van der Waals surface area contributed by atoms with Crippen LogP contribution in [0.25, 0.3) is 0 Å². The third-order valence-corrected chi connectivity index (χ3v) is 7.56. The number of benzene rings is 2. The Kier molecular flexibility index (Phi) is 11.2. The van der Waals surface area contributed by atoms with E-state index in [0.717, 1.165) is 17.1 Å². The number of hydrogen-bond donors (Lipinski definition) is 3. The van der Waals surface area contributed by atoms with E-state index in [1.165, 1.54) is 0 Å². The molecule has 2 unspecified atom stereocenters. The lowest BCUT2D eigenvalue weighted by Crippen LogP contribution is -2.68. The number of carbonyl (C=O) groups is 4. The lowest BCUT2D eigenvalue weighted by atomic mass is 9.95. The molecule has 0 radical (unpaired) electrons. The fraction of sp³-hybridized carbons (Fsp3) is 0.448. The third-order valence-electron chi connectivity index (χ3n) is 7.11. The first-order valence-electron chi connectivity index (χ1n) is 13.2. The van der Waals surface area contributed by atoms with Gasteiger partial charge in [0.1, 0.15) is 5.01 Å². The minimum absolute atomic E-state index is 0.0409. The quantitative estimate of drug-likeness (QED) is 0.187. The fourth-order valence-electron chi connectivity index (χ4n) is 5.00. The van der Waals surface area contributed by atoms with Crippen molar-refractivity contribution in [2.45, 2.75) is 74.0 Å². The summed E-state index contributed by atoms with van der Waals surface area (Å²) in [5.41, 5.74) is 6.44. The third kappa shape index (κ3) is 7.89. The largest absolute Gasteiger partial charge is 0.480 e. The number of nitrogens with zero attached hydrogens (tertiary/aromatic N) is 2. The van der Waals surface area contributed by atoms with Crippen LogP contribution in [0, 0.1) is 0 Å². The van der Waals surface area contributed by atoms with Gasteiger partial charge in [-0.1, -0.05) is 89.4 Å². The molecule has 0 aromatic heterocycles. The zero-order valence-corrected chi connectivity index (χ0v) is 24.0. The summed E-state index contributed by atoms with van der Waals surface area (Å²) in [5.74, 6) is -3.65. The number of esters is 1. The van der Waals surface area contributed by atoms with Crippen molar-refractivity contribution in [3.63, 3.8) is 0 Å². The van der Waals surface area contributed by atoms with Crippen LogP contribution in [0.5, 0.6) is 0 Å². The second kappa shape index (κ2) is 14.4. The second-order valence-corrected chi connectivity index (χ2v) is 11.1. The van der Waals surface area contributed by atoms with E-state index < -0.39 is 46.4 Å². The number of hydrogen-bond acceptors (Lipinski definition) is 7. The van der Waals surface area contributed by atoms with Crippen LogP contribution in [0.4, 0.5) is 0 Å². The van der Waals surface area contributed by atoms with Crippen molar-refractivity contribution in [3.05, 3.63) is 71.8 Å². The molecule has 0 aliphatic heterocycles. The number of methoxy groups -OCH3 is 1. The summed E-state index contributed by atoms with van der Waals surface area (Å²) in [6.07, 6.45) is 1.44. The lowest BCUT2D eigenvalue weighted by Gasteiger charge is -2.45. The predicted octanol–water partition coefficient (Wildman–Crippen LogP) is 2.80. The standard InChI is InChI=1S/C29H36BrN3O7/c1-40-27(38)23(19-21-12-6-3-7-13-21)32(25(35)15-14-24(30)34)33(28(39)29(31)16-8-9-17-29)22(26(36)37)18-20-10-4-2-5-11-20/h2-7,10-13,22-24,34H,8-9,14-19,31H2,1H3,(H,36,37)/t22?,23-,24?/m1/s1. The number of carbonyl (C=O) groups excluding carboxylic acids is 3. The van der Waals surface area contributed by atoms with E-state index in [-0.39, 0.29) is 25.7 Å². The molecule has 1 aliphatic rings. The van der Waals surface area contributed by atoms with Crippen LogP contribution in [-0.4, -0.2) is 73.7 Å². The average Bonchev–Trinajstić information content (AvgIpc) is 3.40. The van der Waals surface area contributed by atoms with Gasteiger partial charge in [0, 0.05) is 19.3 Å². The molecule has 1 saturated carbocycles. The Morgan fingerprint density at radius 2 is 1.43 bits per heavy atom. The van der Waals surface area contributed by atoms with Crippen LogP contribution < -0.4 is 5.73 Å². The molecule has 0 saturated heterocycles. The summed E-state index contributed by atoms with van der Waals surface area (Å²) in [6.45, 7) is 0. The summed E-state index contributed by atoms with van der Waals surface area (Å²) in [5, 5.41) is 21.1. The Hall–Kier alpha value is -3.28. The summed E-state index contributed by atoms with van der Waals surface area (Å²) in [7, 11) is 1.16. The average molecular weight is 619 g/mol. The number of nitrogens with two attached hydrogens (primary N) is 1. The first-order chi connectivity index (χ1) is 19.1. The molecular formula is C29H36BrN3O7. The Bertz CT molecular complexity index is 1160. The fourth-order valence-corrected chi connectivity index (χ4v) is 5.23. The molecule has 2 aromatic rings. The maximum atomic E-state index is 14.3. The SMILES string of the molecule is COC(=O)[C@@H](Cc1ccccc1)N(C(=O)CCC(O)Br)N(C(=O)C1(N)CCCC1)C(Cc1ccccc1)C(=O)O. The van der Waals surface area contributed by atoms with E-state index in [0.29, 0.717) is 36.8 Å². The highest BCUT2D eigenvalue weighted by molar-refractivity contribution is 9.09. The van der Waals surface area contributed by atoms with Crippen molar-refractivity contribution >= 4 is 39.7 Å². The maximum Gasteiger partial charge on any atom is 0.331 e. The molecule has 216 valence electrons. The Morgan fingerprint density at radius 3 is 1.88 bits per heavy atom.